The lowest BCUT2D eigenvalue weighted by Crippen LogP contribution is -2.53. The van der Waals surface area contributed by atoms with Crippen LogP contribution in [0, 0.1) is 5.92 Å². The van der Waals surface area contributed by atoms with Crippen LogP contribution in [0.2, 0.25) is 5.02 Å². The van der Waals surface area contributed by atoms with E-state index in [0.29, 0.717) is 18.8 Å². The standard InChI is InChI=1S/C30H32ClN3O3/c31-25-14-12-23(13-15-25)19-33-18-6-9-24(20-33)30(36)34-21-28(37-27-11-5-4-10-26(27)34)29(35)32-17-16-22-7-2-1-3-8-22/h1-5,7-8,10-15,24,28H,6,9,16-21H2,(H,32,35)/t24-,28+/m0/s1. The van der Waals surface area contributed by atoms with Crippen LogP contribution in [0.25, 0.3) is 0 Å². The van der Waals surface area contributed by atoms with E-state index in [2.05, 4.69) is 10.2 Å². The normalized spacial score (nSPS) is 19.5. The Morgan fingerprint density at radius 3 is 2.49 bits per heavy atom. The molecule has 7 heteroatoms. The van der Waals surface area contributed by atoms with Gasteiger partial charge in [-0.1, -0.05) is 66.2 Å². The van der Waals surface area contributed by atoms with Crippen LogP contribution in [0.5, 0.6) is 5.75 Å². The summed E-state index contributed by atoms with van der Waals surface area (Å²) in [7, 11) is 0. The fourth-order valence-electron chi connectivity index (χ4n) is 5.14. The van der Waals surface area contributed by atoms with Crippen LogP contribution < -0.4 is 15.0 Å². The second-order valence-corrected chi connectivity index (χ2v) is 10.2. The van der Waals surface area contributed by atoms with Crippen LogP contribution in [0.3, 0.4) is 0 Å². The minimum absolute atomic E-state index is 0.0543. The van der Waals surface area contributed by atoms with Crippen LogP contribution in [-0.2, 0) is 22.6 Å². The first-order valence-electron chi connectivity index (χ1n) is 12.9. The smallest absolute Gasteiger partial charge is 0.262 e. The zero-order chi connectivity index (χ0) is 25.6. The van der Waals surface area contributed by atoms with Gasteiger partial charge in [0.1, 0.15) is 5.75 Å². The molecule has 0 radical (unpaired) electrons. The molecule has 2 aliphatic rings. The molecule has 192 valence electrons. The van der Waals surface area contributed by atoms with Gasteiger partial charge >= 0.3 is 0 Å². The van der Waals surface area contributed by atoms with E-state index in [4.69, 9.17) is 16.3 Å². The number of anilines is 1. The minimum Gasteiger partial charge on any atom is -0.477 e. The van der Waals surface area contributed by atoms with E-state index >= 15 is 0 Å². The van der Waals surface area contributed by atoms with Gasteiger partial charge in [-0.2, -0.15) is 0 Å². The van der Waals surface area contributed by atoms with E-state index in [1.165, 1.54) is 5.56 Å². The number of benzene rings is 3. The van der Waals surface area contributed by atoms with Crippen LogP contribution in [0.1, 0.15) is 24.0 Å². The molecule has 3 aromatic carbocycles. The number of halogens is 1. The average molecular weight is 518 g/mol. The van der Waals surface area contributed by atoms with Gasteiger partial charge in [0, 0.05) is 24.7 Å². The number of rotatable bonds is 7. The molecule has 0 aliphatic carbocycles. The molecular weight excluding hydrogens is 486 g/mol. The molecule has 2 heterocycles. The van der Waals surface area contributed by atoms with E-state index in [1.54, 1.807) is 4.90 Å². The molecule has 2 aliphatic heterocycles. The van der Waals surface area contributed by atoms with Crippen molar-refractivity contribution in [2.45, 2.75) is 31.9 Å². The molecule has 3 aromatic rings. The van der Waals surface area contributed by atoms with Gasteiger partial charge in [0.2, 0.25) is 5.91 Å². The Morgan fingerprint density at radius 2 is 1.68 bits per heavy atom. The molecule has 0 bridgehead atoms. The number of piperidine rings is 1. The highest BCUT2D eigenvalue weighted by molar-refractivity contribution is 6.30. The zero-order valence-electron chi connectivity index (χ0n) is 20.8. The Labute approximate surface area is 223 Å². The molecular formula is C30H32ClN3O3. The van der Waals surface area contributed by atoms with Crippen LogP contribution in [0.15, 0.2) is 78.9 Å². The molecule has 37 heavy (non-hydrogen) atoms. The average Bonchev–Trinajstić information content (AvgIpc) is 2.94. The first-order chi connectivity index (χ1) is 18.1. The molecule has 0 unspecified atom stereocenters. The number of nitrogens with zero attached hydrogens (tertiary/aromatic N) is 2. The monoisotopic (exact) mass is 517 g/mol. The summed E-state index contributed by atoms with van der Waals surface area (Å²) in [6.07, 6.45) is 1.79. The van der Waals surface area contributed by atoms with Gasteiger partial charge in [-0.25, -0.2) is 0 Å². The first kappa shape index (κ1) is 25.3. The number of amides is 2. The van der Waals surface area contributed by atoms with Crippen molar-refractivity contribution in [2.75, 3.05) is 31.1 Å². The fraction of sp³-hybridized carbons (Fsp3) is 0.333. The number of ether oxygens (including phenoxy) is 1. The van der Waals surface area contributed by atoms with E-state index in [-0.39, 0.29) is 24.3 Å². The Hall–Kier alpha value is -3.35. The van der Waals surface area contributed by atoms with Crippen molar-refractivity contribution < 1.29 is 14.3 Å². The maximum Gasteiger partial charge on any atom is 0.262 e. The summed E-state index contributed by atoms with van der Waals surface area (Å²) in [4.78, 5) is 30.9. The molecule has 6 nitrogen and oxygen atoms in total. The molecule has 0 spiro atoms. The number of likely N-dealkylation sites (tertiary alicyclic amines) is 1. The summed E-state index contributed by atoms with van der Waals surface area (Å²) in [6.45, 7) is 3.15. The maximum atomic E-state index is 13.8. The van der Waals surface area contributed by atoms with Crippen molar-refractivity contribution in [3.05, 3.63) is 95.0 Å². The highest BCUT2D eigenvalue weighted by Crippen LogP contribution is 2.35. The second kappa shape index (κ2) is 11.8. The number of nitrogens with one attached hydrogen (secondary N) is 1. The number of fused-ring (bicyclic) bond motifs is 1. The predicted molar refractivity (Wildman–Crippen MR) is 146 cm³/mol. The van der Waals surface area contributed by atoms with Crippen molar-refractivity contribution in [1.82, 2.24) is 10.2 Å². The van der Waals surface area contributed by atoms with Crippen molar-refractivity contribution >= 4 is 29.1 Å². The Balaban J connectivity index is 1.24. The molecule has 1 fully saturated rings. The summed E-state index contributed by atoms with van der Waals surface area (Å²) in [5.41, 5.74) is 3.08. The van der Waals surface area contributed by atoms with E-state index in [9.17, 15) is 9.59 Å². The van der Waals surface area contributed by atoms with Gasteiger partial charge < -0.3 is 15.0 Å². The summed E-state index contributed by atoms with van der Waals surface area (Å²) in [5.74, 6) is 0.294. The van der Waals surface area contributed by atoms with Gasteiger partial charge in [0.05, 0.1) is 18.2 Å². The van der Waals surface area contributed by atoms with E-state index in [1.807, 2.05) is 78.9 Å². The SMILES string of the molecule is O=C(NCCc1ccccc1)[C@H]1CN(C(=O)[C@H]2CCCN(Cc3ccc(Cl)cc3)C2)c2ccccc2O1. The van der Waals surface area contributed by atoms with Crippen LogP contribution in [-0.4, -0.2) is 49.0 Å². The Kier molecular flexibility index (Phi) is 8.07. The third-order valence-corrected chi connectivity index (χ3v) is 7.31. The third kappa shape index (κ3) is 6.32. The van der Waals surface area contributed by atoms with Crippen molar-refractivity contribution in [3.8, 4) is 5.75 Å². The summed E-state index contributed by atoms with van der Waals surface area (Å²) >= 11 is 6.03. The summed E-state index contributed by atoms with van der Waals surface area (Å²) < 4.78 is 6.05. The van der Waals surface area contributed by atoms with Crippen molar-refractivity contribution in [3.63, 3.8) is 0 Å². The lowest BCUT2D eigenvalue weighted by atomic mass is 9.95. The molecule has 0 saturated carbocycles. The second-order valence-electron chi connectivity index (χ2n) is 9.75. The topological polar surface area (TPSA) is 61.9 Å². The minimum atomic E-state index is -0.747. The number of para-hydroxylation sites is 2. The zero-order valence-corrected chi connectivity index (χ0v) is 21.6. The van der Waals surface area contributed by atoms with Gasteiger partial charge in [0.25, 0.3) is 5.91 Å². The lowest BCUT2D eigenvalue weighted by molar-refractivity contribution is -0.129. The van der Waals surface area contributed by atoms with E-state index in [0.717, 1.165) is 48.6 Å². The van der Waals surface area contributed by atoms with Crippen molar-refractivity contribution in [1.29, 1.82) is 0 Å². The molecule has 5 rings (SSSR count). The van der Waals surface area contributed by atoms with Crippen LogP contribution >= 0.6 is 11.6 Å². The quantitative estimate of drug-likeness (QED) is 0.493. The van der Waals surface area contributed by atoms with E-state index < -0.39 is 6.10 Å². The summed E-state index contributed by atoms with van der Waals surface area (Å²) in [6, 6.07) is 25.4. The first-order valence-corrected chi connectivity index (χ1v) is 13.3. The van der Waals surface area contributed by atoms with Crippen LogP contribution in [0.4, 0.5) is 5.69 Å². The molecule has 2 atom stereocenters. The highest BCUT2D eigenvalue weighted by atomic mass is 35.5. The molecule has 1 N–H and O–H groups in total. The number of carbonyl (C=O) groups excluding carboxylic acids is 2. The molecule has 2 amide bonds. The van der Waals surface area contributed by atoms with Gasteiger partial charge in [-0.3, -0.25) is 14.5 Å². The largest absolute Gasteiger partial charge is 0.477 e. The predicted octanol–water partition coefficient (Wildman–Crippen LogP) is 4.71. The number of hydrogen-bond acceptors (Lipinski definition) is 4. The fourth-order valence-corrected chi connectivity index (χ4v) is 5.26. The van der Waals surface area contributed by atoms with Gasteiger partial charge in [0.15, 0.2) is 6.10 Å². The van der Waals surface area contributed by atoms with Gasteiger partial charge in [-0.15, -0.1) is 0 Å². The number of hydrogen-bond donors (Lipinski definition) is 1. The summed E-state index contributed by atoms with van der Waals surface area (Å²) in [5, 5.41) is 3.71. The van der Waals surface area contributed by atoms with Gasteiger partial charge in [-0.05, 0) is 61.2 Å². The Bertz CT molecular complexity index is 1220. The maximum absolute atomic E-state index is 13.8. The third-order valence-electron chi connectivity index (χ3n) is 7.06. The Morgan fingerprint density at radius 1 is 0.919 bits per heavy atom. The lowest BCUT2D eigenvalue weighted by Gasteiger charge is -2.38. The number of carbonyl (C=O) groups is 2. The molecule has 1 saturated heterocycles. The highest BCUT2D eigenvalue weighted by Gasteiger charge is 2.37. The molecule has 0 aromatic heterocycles. The van der Waals surface area contributed by atoms with Crippen molar-refractivity contribution in [2.24, 2.45) is 5.92 Å².